The van der Waals surface area contributed by atoms with Gasteiger partial charge in [0.25, 0.3) is 0 Å². The highest BCUT2D eigenvalue weighted by atomic mass is 16.5. The Morgan fingerprint density at radius 2 is 1.57 bits per heavy atom. The molecule has 0 bridgehead atoms. The van der Waals surface area contributed by atoms with Crippen LogP contribution in [-0.2, 0) is 25.7 Å². The number of carboxylic acids is 1. The number of aliphatic carboxylic acids is 1. The molecule has 0 fully saturated rings. The second kappa shape index (κ2) is 11.7. The monoisotopic (exact) mass is 413 g/mol. The van der Waals surface area contributed by atoms with Crippen molar-refractivity contribution in [3.63, 3.8) is 0 Å². The van der Waals surface area contributed by atoms with Gasteiger partial charge >= 0.3 is 11.9 Å². The highest BCUT2D eigenvalue weighted by Crippen LogP contribution is 2.20. The molecule has 0 heterocycles. The van der Waals surface area contributed by atoms with Crippen LogP contribution in [0.4, 0.5) is 5.69 Å². The number of amides is 1. The molecule has 0 saturated heterocycles. The number of anilines is 1. The number of benzene rings is 2. The second-order valence-electron chi connectivity index (χ2n) is 6.77. The number of nitrogens with two attached hydrogens (primary N) is 2. The fraction of sp³-hybridized carbons (Fsp3) is 0.318. The summed E-state index contributed by atoms with van der Waals surface area (Å²) >= 11 is 0. The van der Waals surface area contributed by atoms with Crippen molar-refractivity contribution in [1.29, 1.82) is 0 Å². The van der Waals surface area contributed by atoms with E-state index in [2.05, 4.69) is 0 Å². The first-order chi connectivity index (χ1) is 14.5. The lowest BCUT2D eigenvalue weighted by molar-refractivity contribution is -0.156. The quantitative estimate of drug-likeness (QED) is 0.290. The van der Waals surface area contributed by atoms with E-state index in [1.54, 1.807) is 54.6 Å². The Hall–Kier alpha value is -3.23. The van der Waals surface area contributed by atoms with Gasteiger partial charge in [0.05, 0.1) is 6.04 Å². The molecule has 5 N–H and O–H groups in total. The Balaban J connectivity index is 2.26. The number of hydrogen-bond donors (Lipinski definition) is 3. The third-order valence-electron chi connectivity index (χ3n) is 4.50. The maximum absolute atomic E-state index is 13.1. The predicted molar refractivity (Wildman–Crippen MR) is 112 cm³/mol. The highest BCUT2D eigenvalue weighted by molar-refractivity contribution is 6.11. The van der Waals surface area contributed by atoms with E-state index in [1.807, 2.05) is 6.07 Å². The molecule has 2 aromatic carbocycles. The van der Waals surface area contributed by atoms with Gasteiger partial charge in [-0.1, -0.05) is 55.0 Å². The Morgan fingerprint density at radius 3 is 2.13 bits per heavy atom. The van der Waals surface area contributed by atoms with Gasteiger partial charge in [-0.15, -0.1) is 0 Å². The Labute approximate surface area is 175 Å². The van der Waals surface area contributed by atoms with Crippen LogP contribution < -0.4 is 16.4 Å². The summed E-state index contributed by atoms with van der Waals surface area (Å²) < 4.78 is 5.21. The molecule has 0 radical (unpaired) electrons. The molecule has 2 atom stereocenters. The smallest absolute Gasteiger partial charge is 0.341 e. The van der Waals surface area contributed by atoms with Crippen LogP contribution in [0.5, 0.6) is 0 Å². The number of rotatable bonds is 11. The normalized spacial score (nSPS) is 12.6. The molecule has 8 nitrogen and oxygen atoms in total. The summed E-state index contributed by atoms with van der Waals surface area (Å²) in [7, 11) is 0. The van der Waals surface area contributed by atoms with Gasteiger partial charge in [-0.05, 0) is 37.1 Å². The fourth-order valence-corrected chi connectivity index (χ4v) is 2.93. The molecule has 0 aliphatic carbocycles. The number of carbonyl (C=O) groups is 3. The number of hydrogen-bond acceptors (Lipinski definition) is 6. The van der Waals surface area contributed by atoms with Crippen molar-refractivity contribution in [2.24, 2.45) is 11.5 Å². The third-order valence-corrected chi connectivity index (χ3v) is 4.50. The van der Waals surface area contributed by atoms with Crippen LogP contribution in [0.15, 0.2) is 60.7 Å². The molecule has 0 spiro atoms. The molecule has 0 unspecified atom stereocenters. The molecular weight excluding hydrogens is 386 g/mol. The number of unbranched alkanes of at least 4 members (excludes halogenated alkanes) is 1. The molecule has 0 aliphatic heterocycles. The molecular formula is C22H27N3O5. The van der Waals surface area contributed by atoms with Crippen molar-refractivity contribution in [3.05, 3.63) is 66.2 Å². The van der Waals surface area contributed by atoms with Gasteiger partial charge in [0.15, 0.2) is 0 Å². The Bertz CT molecular complexity index is 829. The summed E-state index contributed by atoms with van der Waals surface area (Å²) in [5.74, 6) is -3.21. The fourth-order valence-electron chi connectivity index (χ4n) is 2.93. The van der Waals surface area contributed by atoms with Crippen molar-refractivity contribution in [3.8, 4) is 0 Å². The van der Waals surface area contributed by atoms with Crippen LogP contribution in [0.3, 0.4) is 0 Å². The van der Waals surface area contributed by atoms with Gasteiger partial charge in [-0.3, -0.25) is 9.69 Å². The molecule has 1 amide bonds. The van der Waals surface area contributed by atoms with Gasteiger partial charge in [-0.25, -0.2) is 9.59 Å². The summed E-state index contributed by atoms with van der Waals surface area (Å²) in [4.78, 5) is 38.7. The largest absolute Gasteiger partial charge is 0.479 e. The Kier molecular flexibility index (Phi) is 8.99. The summed E-state index contributed by atoms with van der Waals surface area (Å²) in [5.41, 5.74) is 12.4. The maximum Gasteiger partial charge on any atom is 0.341 e. The molecule has 8 heteroatoms. The van der Waals surface area contributed by atoms with E-state index >= 15 is 0 Å². The predicted octanol–water partition coefficient (Wildman–Crippen LogP) is 1.67. The van der Waals surface area contributed by atoms with Crippen molar-refractivity contribution in [2.75, 3.05) is 11.4 Å². The van der Waals surface area contributed by atoms with Crippen LogP contribution in [-0.4, -0.2) is 41.6 Å². The van der Waals surface area contributed by atoms with E-state index in [1.165, 1.54) is 0 Å². The van der Waals surface area contributed by atoms with Gasteiger partial charge in [0.2, 0.25) is 11.9 Å². The first-order valence-corrected chi connectivity index (χ1v) is 9.72. The zero-order chi connectivity index (χ0) is 21.9. The SMILES string of the molecule is NCCCC[C@H](N)C(=O)N(c1ccccc1)[C@H](C(=O)O)C(=O)OCc1ccccc1. The molecule has 0 aromatic heterocycles. The van der Waals surface area contributed by atoms with Crippen molar-refractivity contribution < 1.29 is 24.2 Å². The van der Waals surface area contributed by atoms with E-state index in [0.29, 0.717) is 31.4 Å². The van der Waals surface area contributed by atoms with Gasteiger partial charge in [0, 0.05) is 5.69 Å². The van der Waals surface area contributed by atoms with Crippen LogP contribution in [0.1, 0.15) is 24.8 Å². The van der Waals surface area contributed by atoms with Crippen molar-refractivity contribution in [2.45, 2.75) is 38.0 Å². The second-order valence-corrected chi connectivity index (χ2v) is 6.77. The first kappa shape index (κ1) is 23.1. The van der Waals surface area contributed by atoms with Crippen LogP contribution >= 0.6 is 0 Å². The van der Waals surface area contributed by atoms with Crippen LogP contribution in [0.2, 0.25) is 0 Å². The van der Waals surface area contributed by atoms with E-state index < -0.39 is 29.9 Å². The molecule has 30 heavy (non-hydrogen) atoms. The van der Waals surface area contributed by atoms with Gasteiger partial charge in [-0.2, -0.15) is 0 Å². The molecule has 2 aromatic rings. The average Bonchev–Trinajstić information content (AvgIpc) is 2.76. The lowest BCUT2D eigenvalue weighted by atomic mass is 10.1. The minimum Gasteiger partial charge on any atom is -0.479 e. The number of ether oxygens (including phenoxy) is 1. The summed E-state index contributed by atoms with van der Waals surface area (Å²) in [5, 5.41) is 9.77. The van der Waals surface area contributed by atoms with Crippen LogP contribution in [0, 0.1) is 0 Å². The third kappa shape index (κ3) is 6.40. The zero-order valence-electron chi connectivity index (χ0n) is 16.6. The van der Waals surface area contributed by atoms with Gasteiger partial charge in [0.1, 0.15) is 6.61 Å². The standard InChI is InChI=1S/C22H27N3O5/c23-14-8-7-13-18(24)20(26)25(17-11-5-2-6-12-17)19(21(27)28)22(29)30-15-16-9-3-1-4-10-16/h1-6,9-12,18-19H,7-8,13-15,23-24H2,(H,27,28)/t18-,19+/m0/s1. The number of carbonyl (C=O) groups excluding carboxylic acids is 2. The van der Waals surface area contributed by atoms with E-state index in [0.717, 1.165) is 4.90 Å². The zero-order valence-corrected chi connectivity index (χ0v) is 16.6. The summed E-state index contributed by atoms with van der Waals surface area (Å²) in [6.07, 6.45) is 1.63. The number of esters is 1. The minimum atomic E-state index is -1.86. The van der Waals surface area contributed by atoms with E-state index in [9.17, 15) is 19.5 Å². The highest BCUT2D eigenvalue weighted by Gasteiger charge is 2.40. The molecule has 160 valence electrons. The topological polar surface area (TPSA) is 136 Å². The first-order valence-electron chi connectivity index (χ1n) is 9.72. The lowest BCUT2D eigenvalue weighted by Gasteiger charge is -2.30. The number of carboxylic acid groups (broad SMARTS) is 1. The molecule has 2 rings (SSSR count). The summed E-state index contributed by atoms with van der Waals surface area (Å²) in [6.45, 7) is 0.357. The molecule has 0 saturated carbocycles. The Morgan fingerprint density at radius 1 is 0.967 bits per heavy atom. The maximum atomic E-state index is 13.1. The summed E-state index contributed by atoms with van der Waals surface area (Å²) in [6, 6.07) is 14.1. The number of para-hydroxylation sites is 1. The average molecular weight is 413 g/mol. The van der Waals surface area contributed by atoms with Crippen LogP contribution in [0.25, 0.3) is 0 Å². The van der Waals surface area contributed by atoms with Crippen molar-refractivity contribution >= 4 is 23.5 Å². The van der Waals surface area contributed by atoms with Crippen molar-refractivity contribution in [1.82, 2.24) is 0 Å². The van der Waals surface area contributed by atoms with Gasteiger partial charge < -0.3 is 21.3 Å². The number of nitrogens with zero attached hydrogens (tertiary/aromatic N) is 1. The lowest BCUT2D eigenvalue weighted by Crippen LogP contribution is -2.55. The minimum absolute atomic E-state index is 0.108. The molecule has 0 aliphatic rings. The van der Waals surface area contributed by atoms with E-state index in [4.69, 9.17) is 16.2 Å². The van der Waals surface area contributed by atoms with E-state index in [-0.39, 0.29) is 12.3 Å².